The summed E-state index contributed by atoms with van der Waals surface area (Å²) in [7, 11) is 1.56. The van der Waals surface area contributed by atoms with Crippen molar-refractivity contribution in [1.82, 2.24) is 5.32 Å². The van der Waals surface area contributed by atoms with Gasteiger partial charge in [-0.3, -0.25) is 14.9 Å². The number of nitrogens with zero attached hydrogens (tertiary/aromatic N) is 1. The van der Waals surface area contributed by atoms with Crippen LogP contribution in [0.4, 0.5) is 11.4 Å². The molecule has 0 heterocycles. The van der Waals surface area contributed by atoms with Crippen LogP contribution in [0, 0.1) is 22.0 Å². The topological polar surface area (TPSA) is 93.5 Å². The smallest absolute Gasteiger partial charge is 0.293 e. The zero-order valence-corrected chi connectivity index (χ0v) is 16.1. The third-order valence-electron chi connectivity index (χ3n) is 5.12. The minimum absolute atomic E-state index is 0.0951. The number of hydrogen-bond donors (Lipinski definition) is 2. The van der Waals surface area contributed by atoms with Gasteiger partial charge in [0, 0.05) is 25.3 Å². The molecule has 3 atom stereocenters. The van der Waals surface area contributed by atoms with E-state index >= 15 is 0 Å². The van der Waals surface area contributed by atoms with Gasteiger partial charge in [0.15, 0.2) is 0 Å². The van der Waals surface area contributed by atoms with Crippen molar-refractivity contribution in [3.63, 3.8) is 0 Å². The Kier molecular flexibility index (Phi) is 6.26. The predicted molar refractivity (Wildman–Crippen MR) is 107 cm³/mol. The van der Waals surface area contributed by atoms with Crippen molar-refractivity contribution in [2.24, 2.45) is 11.8 Å². The number of rotatable bonds is 9. The van der Waals surface area contributed by atoms with Crippen LogP contribution in [-0.2, 0) is 4.74 Å². The molecule has 7 nitrogen and oxygen atoms in total. The molecule has 0 spiro atoms. The van der Waals surface area contributed by atoms with Crippen LogP contribution in [0.5, 0.6) is 0 Å². The van der Waals surface area contributed by atoms with Crippen LogP contribution in [0.25, 0.3) is 0 Å². The molecule has 0 saturated heterocycles. The summed E-state index contributed by atoms with van der Waals surface area (Å²) >= 11 is 0. The number of methoxy groups -OCH3 is 1. The molecule has 1 amide bonds. The fraction of sp³-hybridized carbons (Fsp3) is 0.381. The van der Waals surface area contributed by atoms with Crippen molar-refractivity contribution in [3.8, 4) is 0 Å². The fourth-order valence-electron chi connectivity index (χ4n) is 3.40. The normalized spacial score (nSPS) is 18.9. The highest BCUT2D eigenvalue weighted by Crippen LogP contribution is 2.47. The molecular weight excluding hydrogens is 358 g/mol. The second kappa shape index (κ2) is 8.84. The van der Waals surface area contributed by atoms with Crippen LogP contribution in [-0.4, -0.2) is 31.1 Å². The summed E-state index contributed by atoms with van der Waals surface area (Å²) in [6, 6.07) is 14.3. The molecule has 28 heavy (non-hydrogen) atoms. The number of nitro benzene ring substituents is 1. The van der Waals surface area contributed by atoms with Crippen LogP contribution in [0.15, 0.2) is 48.5 Å². The molecule has 7 heteroatoms. The first-order valence-electron chi connectivity index (χ1n) is 9.38. The molecule has 2 N–H and O–H groups in total. The van der Waals surface area contributed by atoms with Gasteiger partial charge in [0.05, 0.1) is 17.6 Å². The van der Waals surface area contributed by atoms with Gasteiger partial charge in [-0.05, 0) is 36.0 Å². The molecule has 2 aromatic rings. The number of anilines is 1. The summed E-state index contributed by atoms with van der Waals surface area (Å²) in [5, 5.41) is 17.5. The van der Waals surface area contributed by atoms with Crippen LogP contribution >= 0.6 is 0 Å². The average Bonchev–Trinajstić information content (AvgIpc) is 3.43. The van der Waals surface area contributed by atoms with Gasteiger partial charge < -0.3 is 15.4 Å². The quantitative estimate of drug-likeness (QED) is 0.390. The number of nitrogens with one attached hydrogen (secondary N) is 2. The molecule has 148 valence electrons. The number of hydrogen-bond acceptors (Lipinski definition) is 5. The zero-order chi connectivity index (χ0) is 20.1. The Hall–Kier alpha value is -2.93. The minimum atomic E-state index is -0.483. The number of carbonyl (C=O) groups is 1. The Morgan fingerprint density at radius 2 is 2.00 bits per heavy atom. The van der Waals surface area contributed by atoms with E-state index in [4.69, 9.17) is 4.74 Å². The van der Waals surface area contributed by atoms with E-state index in [0.29, 0.717) is 30.7 Å². The molecule has 0 bridgehead atoms. The Morgan fingerprint density at radius 1 is 1.29 bits per heavy atom. The maximum absolute atomic E-state index is 12.8. The van der Waals surface area contributed by atoms with Gasteiger partial charge in [0.25, 0.3) is 11.6 Å². The molecule has 1 aliphatic carbocycles. The van der Waals surface area contributed by atoms with Crippen LogP contribution in [0.1, 0.15) is 35.3 Å². The predicted octanol–water partition coefficient (Wildman–Crippen LogP) is 3.78. The number of nitro groups is 1. The Bertz CT molecular complexity index is 841. The summed E-state index contributed by atoms with van der Waals surface area (Å²) in [6.07, 6.45) is 1.06. The van der Waals surface area contributed by atoms with E-state index in [9.17, 15) is 14.9 Å². The monoisotopic (exact) mass is 383 g/mol. The second-order valence-corrected chi connectivity index (χ2v) is 7.15. The standard InChI is InChI=1S/C21H25N3O4/c1-14-12-17(14)20(15-6-4-3-5-7-15)23-21(25)16-8-9-18(22-10-11-28-2)19(13-16)24(26)27/h3-9,13-14,17,20,22H,10-12H2,1-2H3,(H,23,25). The van der Waals surface area contributed by atoms with Gasteiger partial charge >= 0.3 is 0 Å². The lowest BCUT2D eigenvalue weighted by Crippen LogP contribution is -2.30. The van der Waals surface area contributed by atoms with Crippen molar-refractivity contribution in [2.45, 2.75) is 19.4 Å². The van der Waals surface area contributed by atoms with E-state index in [1.807, 2.05) is 30.3 Å². The highest BCUT2D eigenvalue weighted by atomic mass is 16.6. The van der Waals surface area contributed by atoms with Crippen LogP contribution in [0.2, 0.25) is 0 Å². The SMILES string of the molecule is COCCNc1ccc(C(=O)NC(c2ccccc2)C2CC2C)cc1[N+](=O)[O-]. The van der Waals surface area contributed by atoms with E-state index in [1.165, 1.54) is 6.07 Å². The molecule has 1 saturated carbocycles. The largest absolute Gasteiger partial charge is 0.383 e. The van der Waals surface area contributed by atoms with Gasteiger partial charge in [0.2, 0.25) is 0 Å². The molecule has 0 aromatic heterocycles. The van der Waals surface area contributed by atoms with E-state index in [-0.39, 0.29) is 23.2 Å². The summed E-state index contributed by atoms with van der Waals surface area (Å²) in [4.78, 5) is 23.8. The number of carbonyl (C=O) groups excluding carboxylic acids is 1. The molecule has 0 aliphatic heterocycles. The van der Waals surface area contributed by atoms with Gasteiger partial charge in [0.1, 0.15) is 5.69 Å². The lowest BCUT2D eigenvalue weighted by atomic mass is 10.0. The summed E-state index contributed by atoms with van der Waals surface area (Å²) < 4.78 is 4.95. The van der Waals surface area contributed by atoms with Crippen molar-refractivity contribution in [2.75, 3.05) is 25.6 Å². The fourth-order valence-corrected chi connectivity index (χ4v) is 3.40. The Labute approximate surface area is 164 Å². The first-order chi connectivity index (χ1) is 13.5. The number of ether oxygens (including phenoxy) is 1. The molecule has 0 radical (unpaired) electrons. The second-order valence-electron chi connectivity index (χ2n) is 7.15. The van der Waals surface area contributed by atoms with Crippen molar-refractivity contribution >= 4 is 17.3 Å². The van der Waals surface area contributed by atoms with E-state index in [1.54, 1.807) is 19.2 Å². The number of benzene rings is 2. The van der Waals surface area contributed by atoms with E-state index in [0.717, 1.165) is 12.0 Å². The Balaban J connectivity index is 1.79. The summed E-state index contributed by atoms with van der Waals surface area (Å²) in [5.41, 5.74) is 1.57. The summed E-state index contributed by atoms with van der Waals surface area (Å²) in [6.45, 7) is 3.04. The maximum atomic E-state index is 12.8. The average molecular weight is 383 g/mol. The molecule has 1 aliphatic rings. The minimum Gasteiger partial charge on any atom is -0.383 e. The van der Waals surface area contributed by atoms with Gasteiger partial charge in [-0.25, -0.2) is 0 Å². The number of amides is 1. The molecular formula is C21H25N3O4. The Morgan fingerprint density at radius 3 is 2.61 bits per heavy atom. The summed E-state index contributed by atoms with van der Waals surface area (Å²) in [5.74, 6) is 0.628. The highest BCUT2D eigenvalue weighted by Gasteiger charge is 2.41. The van der Waals surface area contributed by atoms with Crippen molar-refractivity contribution in [3.05, 3.63) is 69.8 Å². The van der Waals surface area contributed by atoms with Crippen molar-refractivity contribution in [1.29, 1.82) is 0 Å². The van der Waals surface area contributed by atoms with Gasteiger partial charge in [-0.2, -0.15) is 0 Å². The first kappa shape index (κ1) is 19.8. The van der Waals surface area contributed by atoms with E-state index < -0.39 is 4.92 Å². The third-order valence-corrected chi connectivity index (χ3v) is 5.12. The van der Waals surface area contributed by atoms with Crippen LogP contribution < -0.4 is 10.6 Å². The molecule has 3 unspecified atom stereocenters. The van der Waals surface area contributed by atoms with Crippen molar-refractivity contribution < 1.29 is 14.5 Å². The van der Waals surface area contributed by atoms with Crippen LogP contribution in [0.3, 0.4) is 0 Å². The first-order valence-corrected chi connectivity index (χ1v) is 9.38. The molecule has 1 fully saturated rings. The third kappa shape index (κ3) is 4.67. The van der Waals surface area contributed by atoms with E-state index in [2.05, 4.69) is 17.6 Å². The molecule has 2 aromatic carbocycles. The lowest BCUT2D eigenvalue weighted by Gasteiger charge is -2.19. The maximum Gasteiger partial charge on any atom is 0.293 e. The highest BCUT2D eigenvalue weighted by molar-refractivity contribution is 5.96. The lowest BCUT2D eigenvalue weighted by molar-refractivity contribution is -0.384. The van der Waals surface area contributed by atoms with Gasteiger partial charge in [-0.15, -0.1) is 0 Å². The van der Waals surface area contributed by atoms with Gasteiger partial charge in [-0.1, -0.05) is 37.3 Å². The molecule has 3 rings (SSSR count). The zero-order valence-electron chi connectivity index (χ0n) is 16.1.